The second kappa shape index (κ2) is 6.96. The van der Waals surface area contributed by atoms with Gasteiger partial charge in [0.25, 0.3) is 0 Å². The van der Waals surface area contributed by atoms with E-state index in [0.29, 0.717) is 23.1 Å². The Morgan fingerprint density at radius 3 is 2.75 bits per heavy atom. The average Bonchev–Trinajstić information content (AvgIpc) is 2.85. The Labute approximate surface area is 122 Å². The van der Waals surface area contributed by atoms with E-state index in [1.165, 1.54) is 0 Å². The van der Waals surface area contributed by atoms with Gasteiger partial charge >= 0.3 is 0 Å². The fourth-order valence-corrected chi connectivity index (χ4v) is 1.81. The van der Waals surface area contributed by atoms with E-state index >= 15 is 0 Å². The fourth-order valence-electron chi connectivity index (χ4n) is 1.68. The molecule has 0 aliphatic rings. The van der Waals surface area contributed by atoms with E-state index in [0.717, 1.165) is 12.0 Å². The largest absolute Gasteiger partial charge is 0.360 e. The van der Waals surface area contributed by atoms with Crippen LogP contribution in [0, 0.1) is 6.92 Å². The summed E-state index contributed by atoms with van der Waals surface area (Å²) in [5.74, 6) is 1.19. The van der Waals surface area contributed by atoms with Crippen molar-refractivity contribution >= 4 is 23.3 Å². The van der Waals surface area contributed by atoms with Crippen LogP contribution in [0.1, 0.15) is 11.3 Å². The van der Waals surface area contributed by atoms with Crippen LogP contribution < -0.4 is 10.6 Å². The molecule has 20 heavy (non-hydrogen) atoms. The molecule has 0 unspecified atom stereocenters. The molecule has 0 atom stereocenters. The van der Waals surface area contributed by atoms with Crippen LogP contribution in [0.3, 0.4) is 0 Å². The highest BCUT2D eigenvalue weighted by atomic mass is 35.5. The van der Waals surface area contributed by atoms with Crippen LogP contribution in [0.2, 0.25) is 5.02 Å². The second-order valence-electron chi connectivity index (χ2n) is 4.40. The smallest absolute Gasteiger partial charge is 0.239 e. The molecule has 2 aromatic rings. The van der Waals surface area contributed by atoms with Gasteiger partial charge in [0, 0.05) is 17.6 Å². The van der Waals surface area contributed by atoms with Crippen molar-refractivity contribution < 1.29 is 9.32 Å². The highest BCUT2D eigenvalue weighted by Gasteiger charge is 2.03. The van der Waals surface area contributed by atoms with E-state index in [9.17, 15) is 4.79 Å². The summed E-state index contributed by atoms with van der Waals surface area (Å²) in [4.78, 5) is 11.6. The lowest BCUT2D eigenvalue weighted by Gasteiger charge is -2.06. The quantitative estimate of drug-likeness (QED) is 0.858. The highest BCUT2D eigenvalue weighted by Crippen LogP contribution is 2.09. The number of hydrogen-bond donors (Lipinski definition) is 2. The third-order valence-electron chi connectivity index (χ3n) is 2.71. The van der Waals surface area contributed by atoms with Gasteiger partial charge in [-0.3, -0.25) is 4.79 Å². The first-order valence-electron chi connectivity index (χ1n) is 6.32. The van der Waals surface area contributed by atoms with Crippen molar-refractivity contribution in [2.24, 2.45) is 0 Å². The summed E-state index contributed by atoms with van der Waals surface area (Å²) in [7, 11) is 0. The number of anilines is 1. The van der Waals surface area contributed by atoms with Crippen molar-refractivity contribution in [3.05, 3.63) is 46.7 Å². The zero-order chi connectivity index (χ0) is 14.4. The number of benzene rings is 1. The Balaban J connectivity index is 1.66. The van der Waals surface area contributed by atoms with Gasteiger partial charge in [-0.25, -0.2) is 0 Å². The van der Waals surface area contributed by atoms with Crippen molar-refractivity contribution in [3.63, 3.8) is 0 Å². The lowest BCUT2D eigenvalue weighted by molar-refractivity contribution is -0.119. The van der Waals surface area contributed by atoms with Crippen LogP contribution in [0.15, 0.2) is 34.9 Å². The summed E-state index contributed by atoms with van der Waals surface area (Å²) in [6.45, 7) is 2.55. The Kier molecular flexibility index (Phi) is 5.01. The van der Waals surface area contributed by atoms with Gasteiger partial charge in [-0.1, -0.05) is 28.9 Å². The van der Waals surface area contributed by atoms with E-state index in [-0.39, 0.29) is 12.5 Å². The normalized spacial score (nSPS) is 10.3. The van der Waals surface area contributed by atoms with Gasteiger partial charge in [0.2, 0.25) is 5.91 Å². The molecule has 1 amide bonds. The van der Waals surface area contributed by atoms with E-state index in [2.05, 4.69) is 15.8 Å². The lowest BCUT2D eigenvalue weighted by Crippen LogP contribution is -2.31. The molecule has 0 aliphatic carbocycles. The van der Waals surface area contributed by atoms with Crippen LogP contribution in [0.25, 0.3) is 0 Å². The highest BCUT2D eigenvalue weighted by molar-refractivity contribution is 6.30. The van der Waals surface area contributed by atoms with Crippen molar-refractivity contribution in [1.82, 2.24) is 10.5 Å². The van der Waals surface area contributed by atoms with Crippen LogP contribution in [0.4, 0.5) is 5.82 Å². The molecule has 0 saturated heterocycles. The minimum Gasteiger partial charge on any atom is -0.360 e. The van der Waals surface area contributed by atoms with Gasteiger partial charge in [0.05, 0.1) is 6.54 Å². The molecular formula is C14H16ClN3O2. The number of amides is 1. The fraction of sp³-hybridized carbons (Fsp3) is 0.286. The standard InChI is InChI=1S/C14H16ClN3O2/c1-10-8-13(18-20-10)17-9-14(19)16-7-6-11-2-4-12(15)5-3-11/h2-5,8H,6-7,9H2,1H3,(H,16,19)(H,17,18). The Hall–Kier alpha value is -2.01. The van der Waals surface area contributed by atoms with E-state index < -0.39 is 0 Å². The molecule has 1 aromatic carbocycles. The SMILES string of the molecule is Cc1cc(NCC(=O)NCCc2ccc(Cl)cc2)no1. The lowest BCUT2D eigenvalue weighted by atomic mass is 10.1. The van der Waals surface area contributed by atoms with Gasteiger partial charge in [-0.05, 0) is 31.0 Å². The maximum atomic E-state index is 11.6. The Morgan fingerprint density at radius 2 is 2.10 bits per heavy atom. The third-order valence-corrected chi connectivity index (χ3v) is 2.96. The number of carbonyl (C=O) groups is 1. The average molecular weight is 294 g/mol. The topological polar surface area (TPSA) is 67.2 Å². The first-order valence-corrected chi connectivity index (χ1v) is 6.69. The molecule has 0 radical (unpaired) electrons. The van der Waals surface area contributed by atoms with E-state index in [1.807, 2.05) is 24.3 Å². The zero-order valence-corrected chi connectivity index (χ0v) is 11.9. The van der Waals surface area contributed by atoms with Crippen molar-refractivity contribution in [2.75, 3.05) is 18.4 Å². The summed E-state index contributed by atoms with van der Waals surface area (Å²) in [6.07, 6.45) is 0.770. The molecule has 0 saturated carbocycles. The minimum atomic E-state index is -0.0837. The summed E-state index contributed by atoms with van der Waals surface area (Å²) in [5, 5.41) is 10.2. The number of halogens is 1. The molecular weight excluding hydrogens is 278 g/mol. The van der Waals surface area contributed by atoms with Crippen LogP contribution in [-0.2, 0) is 11.2 Å². The summed E-state index contributed by atoms with van der Waals surface area (Å²) in [6, 6.07) is 9.32. The number of carbonyl (C=O) groups excluding carboxylic acids is 1. The first-order chi connectivity index (χ1) is 9.63. The van der Waals surface area contributed by atoms with Crippen LogP contribution in [-0.4, -0.2) is 24.2 Å². The number of aryl methyl sites for hydroxylation is 1. The predicted octanol–water partition coefficient (Wildman–Crippen LogP) is 2.41. The van der Waals surface area contributed by atoms with Gasteiger partial charge in [0.1, 0.15) is 5.76 Å². The van der Waals surface area contributed by atoms with E-state index in [1.54, 1.807) is 13.0 Å². The molecule has 0 spiro atoms. The summed E-state index contributed by atoms with van der Waals surface area (Å²) >= 11 is 5.81. The molecule has 2 N–H and O–H groups in total. The van der Waals surface area contributed by atoms with Crippen molar-refractivity contribution in [3.8, 4) is 0 Å². The number of aromatic nitrogens is 1. The summed E-state index contributed by atoms with van der Waals surface area (Å²) in [5.41, 5.74) is 1.13. The van der Waals surface area contributed by atoms with Gasteiger partial charge in [-0.15, -0.1) is 0 Å². The Bertz CT molecular complexity index is 566. The Morgan fingerprint density at radius 1 is 1.35 bits per heavy atom. The van der Waals surface area contributed by atoms with Crippen LogP contribution in [0.5, 0.6) is 0 Å². The molecule has 6 heteroatoms. The molecule has 0 fully saturated rings. The minimum absolute atomic E-state index is 0.0837. The zero-order valence-electron chi connectivity index (χ0n) is 11.1. The van der Waals surface area contributed by atoms with Gasteiger partial charge < -0.3 is 15.2 Å². The van der Waals surface area contributed by atoms with E-state index in [4.69, 9.17) is 16.1 Å². The maximum Gasteiger partial charge on any atom is 0.239 e. The molecule has 0 bridgehead atoms. The molecule has 5 nitrogen and oxygen atoms in total. The van der Waals surface area contributed by atoms with Gasteiger partial charge in [-0.2, -0.15) is 0 Å². The monoisotopic (exact) mass is 293 g/mol. The van der Waals surface area contributed by atoms with Crippen LogP contribution >= 0.6 is 11.6 Å². The third kappa shape index (κ3) is 4.59. The number of nitrogens with zero attached hydrogens (tertiary/aromatic N) is 1. The number of nitrogens with one attached hydrogen (secondary N) is 2. The first kappa shape index (κ1) is 14.4. The maximum absolute atomic E-state index is 11.6. The molecule has 0 aliphatic heterocycles. The van der Waals surface area contributed by atoms with Gasteiger partial charge in [0.15, 0.2) is 5.82 Å². The second-order valence-corrected chi connectivity index (χ2v) is 4.84. The summed E-state index contributed by atoms with van der Waals surface area (Å²) < 4.78 is 4.89. The predicted molar refractivity (Wildman–Crippen MR) is 77.9 cm³/mol. The number of rotatable bonds is 6. The molecule has 2 rings (SSSR count). The molecule has 1 heterocycles. The van der Waals surface area contributed by atoms with Crippen molar-refractivity contribution in [2.45, 2.75) is 13.3 Å². The molecule has 1 aromatic heterocycles. The number of hydrogen-bond acceptors (Lipinski definition) is 4. The molecule has 106 valence electrons. The van der Waals surface area contributed by atoms with Crippen molar-refractivity contribution in [1.29, 1.82) is 0 Å².